The van der Waals surface area contributed by atoms with Gasteiger partial charge in [-0.2, -0.15) is 0 Å². The number of hydrogen-bond donors (Lipinski definition) is 0. The quantitative estimate of drug-likeness (QED) is 0.697. The van der Waals surface area contributed by atoms with Crippen molar-refractivity contribution in [2.45, 2.75) is 19.8 Å². The number of allylic oxidation sites excluding steroid dienone is 2. The van der Waals surface area contributed by atoms with Crippen LogP contribution in [-0.2, 0) is 6.42 Å². The van der Waals surface area contributed by atoms with Crippen molar-refractivity contribution < 1.29 is 0 Å². The lowest BCUT2D eigenvalue weighted by Gasteiger charge is -2.09. The Labute approximate surface area is 110 Å². The van der Waals surface area contributed by atoms with Gasteiger partial charge in [0.25, 0.3) is 0 Å². The number of rotatable bonds is 5. The van der Waals surface area contributed by atoms with Gasteiger partial charge in [0.1, 0.15) is 0 Å². The molecule has 0 nitrogen and oxygen atoms in total. The molecule has 2 rings (SSSR count). The Morgan fingerprint density at radius 2 is 1.50 bits per heavy atom. The van der Waals surface area contributed by atoms with Crippen LogP contribution in [0, 0.1) is 5.92 Å². The Balaban J connectivity index is 1.99. The Hall–Kier alpha value is -1.82. The van der Waals surface area contributed by atoms with Gasteiger partial charge in [0, 0.05) is 5.92 Å². The summed E-state index contributed by atoms with van der Waals surface area (Å²) in [6.45, 7) is 2.20. The maximum atomic E-state index is 2.25. The molecular weight excluding hydrogens is 216 g/mol. The third-order valence-corrected chi connectivity index (χ3v) is 3.04. The van der Waals surface area contributed by atoms with Crippen LogP contribution in [0.2, 0.25) is 0 Å². The molecule has 0 bridgehead atoms. The predicted octanol–water partition coefficient (Wildman–Crippen LogP) is 4.82. The number of benzene rings is 2. The maximum Gasteiger partial charge on any atom is 0.0261 e. The molecule has 0 atom stereocenters. The largest absolute Gasteiger partial charge is 0.0832 e. The van der Waals surface area contributed by atoms with Crippen LogP contribution in [0.4, 0.5) is 0 Å². The van der Waals surface area contributed by atoms with Crippen molar-refractivity contribution in [3.8, 4) is 0 Å². The summed E-state index contributed by atoms with van der Waals surface area (Å²) in [5, 5.41) is 0. The third-order valence-electron chi connectivity index (χ3n) is 3.04. The van der Waals surface area contributed by atoms with Crippen LogP contribution in [0.3, 0.4) is 0 Å². The minimum atomic E-state index is 0.997. The zero-order valence-corrected chi connectivity index (χ0v) is 10.8. The first-order chi connectivity index (χ1) is 8.90. The van der Waals surface area contributed by atoms with Crippen LogP contribution in [0.25, 0.3) is 0 Å². The Kier molecular flexibility index (Phi) is 4.78. The van der Waals surface area contributed by atoms with Crippen LogP contribution in [0.15, 0.2) is 72.8 Å². The van der Waals surface area contributed by atoms with Gasteiger partial charge in [-0.3, -0.25) is 0 Å². The molecule has 0 saturated carbocycles. The average Bonchev–Trinajstić information content (AvgIpc) is 2.46. The van der Waals surface area contributed by atoms with Crippen LogP contribution in [-0.4, -0.2) is 0 Å². The molecule has 2 aromatic carbocycles. The highest BCUT2D eigenvalue weighted by molar-refractivity contribution is 5.37. The molecule has 0 aliphatic carbocycles. The van der Waals surface area contributed by atoms with Crippen molar-refractivity contribution in [1.29, 1.82) is 0 Å². The predicted molar refractivity (Wildman–Crippen MR) is 78.4 cm³/mol. The van der Waals surface area contributed by atoms with E-state index in [2.05, 4.69) is 79.7 Å². The summed E-state index contributed by atoms with van der Waals surface area (Å²) in [6, 6.07) is 21.2. The second-order valence-electron chi connectivity index (χ2n) is 4.34. The van der Waals surface area contributed by atoms with E-state index in [1.54, 1.807) is 0 Å². The fraction of sp³-hybridized carbons (Fsp3) is 0.167. The van der Waals surface area contributed by atoms with Crippen molar-refractivity contribution in [3.05, 3.63) is 89.9 Å². The van der Waals surface area contributed by atoms with E-state index in [9.17, 15) is 0 Å². The maximum absolute atomic E-state index is 2.25. The SMILES string of the molecule is CC[C](C=CCc1ccccc1)c1ccccc1. The normalized spacial score (nSPS) is 11.2. The highest BCUT2D eigenvalue weighted by Crippen LogP contribution is 2.19. The summed E-state index contributed by atoms with van der Waals surface area (Å²) in [7, 11) is 0. The van der Waals surface area contributed by atoms with Gasteiger partial charge in [-0.1, -0.05) is 79.7 Å². The molecule has 0 N–H and O–H groups in total. The van der Waals surface area contributed by atoms with Gasteiger partial charge in [0.2, 0.25) is 0 Å². The summed E-state index contributed by atoms with van der Waals surface area (Å²) in [4.78, 5) is 0. The molecule has 0 fully saturated rings. The summed E-state index contributed by atoms with van der Waals surface area (Å²) >= 11 is 0. The molecule has 0 saturated heterocycles. The number of hydrogen-bond acceptors (Lipinski definition) is 0. The van der Waals surface area contributed by atoms with Gasteiger partial charge >= 0.3 is 0 Å². The minimum absolute atomic E-state index is 0.997. The van der Waals surface area contributed by atoms with E-state index in [0.29, 0.717) is 0 Å². The zero-order valence-electron chi connectivity index (χ0n) is 10.8. The molecule has 2 aromatic rings. The van der Waals surface area contributed by atoms with Gasteiger partial charge in [0.15, 0.2) is 0 Å². The minimum Gasteiger partial charge on any atom is -0.0832 e. The summed E-state index contributed by atoms with van der Waals surface area (Å²) < 4.78 is 0. The molecule has 0 amide bonds. The van der Waals surface area contributed by atoms with E-state index < -0.39 is 0 Å². The Morgan fingerprint density at radius 1 is 0.889 bits per heavy atom. The zero-order chi connectivity index (χ0) is 12.6. The van der Waals surface area contributed by atoms with E-state index in [4.69, 9.17) is 0 Å². The standard InChI is InChI=1S/C18H19/c1-2-17(18-13-7-4-8-14-18)15-9-12-16-10-5-3-6-11-16/h3-11,13-15H,2,12H2,1H3. The van der Waals surface area contributed by atoms with E-state index in [0.717, 1.165) is 12.8 Å². The lowest BCUT2D eigenvalue weighted by atomic mass is 9.95. The van der Waals surface area contributed by atoms with Crippen molar-refractivity contribution in [2.75, 3.05) is 0 Å². The Bertz CT molecular complexity index is 468. The first-order valence-corrected chi connectivity index (χ1v) is 6.52. The molecule has 0 aliphatic rings. The topological polar surface area (TPSA) is 0 Å². The highest BCUT2D eigenvalue weighted by Gasteiger charge is 2.04. The first-order valence-electron chi connectivity index (χ1n) is 6.52. The molecule has 0 aliphatic heterocycles. The molecular formula is C18H19. The van der Waals surface area contributed by atoms with E-state index in [-0.39, 0.29) is 0 Å². The molecule has 1 radical (unpaired) electrons. The van der Waals surface area contributed by atoms with Crippen LogP contribution < -0.4 is 0 Å². The highest BCUT2D eigenvalue weighted by atomic mass is 14.1. The third kappa shape index (κ3) is 3.59. The summed E-state index contributed by atoms with van der Waals surface area (Å²) in [5.74, 6) is 1.39. The van der Waals surface area contributed by atoms with Crippen LogP contribution >= 0.6 is 0 Å². The van der Waals surface area contributed by atoms with Gasteiger partial charge in [0.05, 0.1) is 0 Å². The monoisotopic (exact) mass is 235 g/mol. The lowest BCUT2D eigenvalue weighted by Crippen LogP contribution is -1.94. The molecule has 91 valence electrons. The van der Waals surface area contributed by atoms with Gasteiger partial charge < -0.3 is 0 Å². The van der Waals surface area contributed by atoms with Crippen LogP contribution in [0.5, 0.6) is 0 Å². The molecule has 0 aromatic heterocycles. The van der Waals surface area contributed by atoms with Crippen LogP contribution in [0.1, 0.15) is 24.5 Å². The smallest absolute Gasteiger partial charge is 0.0261 e. The fourth-order valence-corrected chi connectivity index (χ4v) is 2.02. The van der Waals surface area contributed by atoms with Gasteiger partial charge in [-0.15, -0.1) is 0 Å². The lowest BCUT2D eigenvalue weighted by molar-refractivity contribution is 1.01. The van der Waals surface area contributed by atoms with Crippen molar-refractivity contribution >= 4 is 0 Å². The Morgan fingerprint density at radius 3 is 2.11 bits per heavy atom. The van der Waals surface area contributed by atoms with E-state index in [1.165, 1.54) is 17.0 Å². The summed E-state index contributed by atoms with van der Waals surface area (Å²) in [6.07, 6.45) is 6.57. The summed E-state index contributed by atoms with van der Waals surface area (Å²) in [5.41, 5.74) is 2.68. The first kappa shape index (κ1) is 12.6. The molecule has 0 heteroatoms. The molecule has 0 heterocycles. The fourth-order valence-electron chi connectivity index (χ4n) is 2.02. The van der Waals surface area contributed by atoms with Gasteiger partial charge in [-0.25, -0.2) is 0 Å². The second kappa shape index (κ2) is 6.80. The van der Waals surface area contributed by atoms with E-state index >= 15 is 0 Å². The van der Waals surface area contributed by atoms with Crippen molar-refractivity contribution in [1.82, 2.24) is 0 Å². The molecule has 0 spiro atoms. The van der Waals surface area contributed by atoms with Crippen molar-refractivity contribution in [3.63, 3.8) is 0 Å². The van der Waals surface area contributed by atoms with E-state index in [1.807, 2.05) is 0 Å². The average molecular weight is 235 g/mol. The second-order valence-corrected chi connectivity index (χ2v) is 4.34. The van der Waals surface area contributed by atoms with Crippen molar-refractivity contribution in [2.24, 2.45) is 0 Å². The molecule has 18 heavy (non-hydrogen) atoms. The van der Waals surface area contributed by atoms with Gasteiger partial charge in [-0.05, 0) is 24.0 Å². The molecule has 0 unspecified atom stereocenters.